The summed E-state index contributed by atoms with van der Waals surface area (Å²) >= 11 is 11.8. The van der Waals surface area contributed by atoms with Crippen molar-refractivity contribution in [3.8, 4) is 0 Å². The average Bonchev–Trinajstić information content (AvgIpc) is 2.60. The summed E-state index contributed by atoms with van der Waals surface area (Å²) in [5.74, 6) is -0.598. The minimum Gasteiger partial charge on any atom is -0.338 e. The first kappa shape index (κ1) is 17.1. The molecule has 0 saturated heterocycles. The molecule has 0 bridgehead atoms. The molecule has 0 aliphatic rings. The Balaban J connectivity index is 1.77. The number of carbonyl (C=O) groups is 1. The summed E-state index contributed by atoms with van der Waals surface area (Å²) in [6.07, 6.45) is 1.22. The van der Waals surface area contributed by atoms with Crippen LogP contribution in [0.1, 0.15) is 10.5 Å². The van der Waals surface area contributed by atoms with Crippen LogP contribution in [0.3, 0.4) is 0 Å². The zero-order chi connectivity index (χ0) is 17.8. The van der Waals surface area contributed by atoms with Gasteiger partial charge < -0.3 is 10.6 Å². The number of rotatable bonds is 4. The molecule has 3 aromatic rings. The number of halogens is 3. The van der Waals surface area contributed by atoms with Crippen LogP contribution in [0.25, 0.3) is 0 Å². The maximum atomic E-state index is 13.7. The van der Waals surface area contributed by atoms with Gasteiger partial charge in [-0.2, -0.15) is 0 Å². The number of hydrogen-bond acceptors (Lipinski definition) is 4. The third-order valence-corrected chi connectivity index (χ3v) is 3.95. The second kappa shape index (κ2) is 7.46. The van der Waals surface area contributed by atoms with E-state index in [2.05, 4.69) is 20.6 Å². The first-order valence-electron chi connectivity index (χ1n) is 7.13. The second-order valence-electron chi connectivity index (χ2n) is 4.98. The van der Waals surface area contributed by atoms with Gasteiger partial charge in [-0.1, -0.05) is 35.3 Å². The maximum absolute atomic E-state index is 13.7. The van der Waals surface area contributed by atoms with Gasteiger partial charge in [0.1, 0.15) is 23.7 Å². The first-order chi connectivity index (χ1) is 12.0. The molecule has 1 heterocycles. The van der Waals surface area contributed by atoms with E-state index in [1.165, 1.54) is 24.5 Å². The predicted molar refractivity (Wildman–Crippen MR) is 96.1 cm³/mol. The third-order valence-electron chi connectivity index (χ3n) is 3.21. The van der Waals surface area contributed by atoms with Gasteiger partial charge in [-0.3, -0.25) is 4.79 Å². The summed E-state index contributed by atoms with van der Waals surface area (Å²) in [5, 5.41) is 6.17. The fourth-order valence-corrected chi connectivity index (χ4v) is 2.32. The van der Waals surface area contributed by atoms with Crippen LogP contribution in [0.4, 0.5) is 21.6 Å². The molecule has 0 aliphatic heterocycles. The van der Waals surface area contributed by atoms with Crippen molar-refractivity contribution in [2.45, 2.75) is 0 Å². The molecule has 126 valence electrons. The summed E-state index contributed by atoms with van der Waals surface area (Å²) in [5.41, 5.74) is 0.832. The molecule has 8 heteroatoms. The summed E-state index contributed by atoms with van der Waals surface area (Å²) in [7, 11) is 0. The molecule has 25 heavy (non-hydrogen) atoms. The van der Waals surface area contributed by atoms with Crippen LogP contribution in [0.5, 0.6) is 0 Å². The molecule has 0 saturated carbocycles. The van der Waals surface area contributed by atoms with E-state index in [9.17, 15) is 9.18 Å². The molecule has 0 spiro atoms. The number of amides is 1. The number of aromatic nitrogens is 2. The molecule has 5 nitrogen and oxygen atoms in total. The Morgan fingerprint density at radius 3 is 2.56 bits per heavy atom. The van der Waals surface area contributed by atoms with Crippen LogP contribution in [-0.2, 0) is 0 Å². The van der Waals surface area contributed by atoms with Crippen molar-refractivity contribution in [3.63, 3.8) is 0 Å². The van der Waals surface area contributed by atoms with E-state index in [1.54, 1.807) is 30.3 Å². The van der Waals surface area contributed by atoms with Gasteiger partial charge in [0.05, 0.1) is 15.7 Å². The summed E-state index contributed by atoms with van der Waals surface area (Å²) in [6, 6.07) is 12.3. The Hall–Kier alpha value is -2.70. The smallest absolute Gasteiger partial charge is 0.274 e. The van der Waals surface area contributed by atoms with Crippen molar-refractivity contribution < 1.29 is 9.18 Å². The first-order valence-corrected chi connectivity index (χ1v) is 7.88. The molecule has 2 aromatic carbocycles. The van der Waals surface area contributed by atoms with E-state index in [0.29, 0.717) is 21.6 Å². The maximum Gasteiger partial charge on any atom is 0.274 e. The van der Waals surface area contributed by atoms with Gasteiger partial charge in [-0.15, -0.1) is 0 Å². The van der Waals surface area contributed by atoms with E-state index in [0.717, 1.165) is 0 Å². The van der Waals surface area contributed by atoms with Crippen molar-refractivity contribution in [1.82, 2.24) is 9.97 Å². The zero-order valence-corrected chi connectivity index (χ0v) is 14.1. The lowest BCUT2D eigenvalue weighted by Gasteiger charge is -2.09. The van der Waals surface area contributed by atoms with Gasteiger partial charge in [0, 0.05) is 11.8 Å². The van der Waals surface area contributed by atoms with Crippen LogP contribution in [0.2, 0.25) is 10.0 Å². The highest BCUT2D eigenvalue weighted by Crippen LogP contribution is 2.25. The Labute approximate surface area is 152 Å². The van der Waals surface area contributed by atoms with Gasteiger partial charge in [0.15, 0.2) is 0 Å². The topological polar surface area (TPSA) is 66.9 Å². The van der Waals surface area contributed by atoms with Crippen LogP contribution >= 0.6 is 23.2 Å². The summed E-state index contributed by atoms with van der Waals surface area (Å²) in [6.45, 7) is 0. The fraction of sp³-hybridized carbons (Fsp3) is 0. The van der Waals surface area contributed by atoms with Gasteiger partial charge in [-0.25, -0.2) is 14.4 Å². The molecule has 0 aliphatic carbocycles. The minimum atomic E-state index is -0.461. The van der Waals surface area contributed by atoms with E-state index in [1.807, 2.05) is 0 Å². The Kier molecular flexibility index (Phi) is 5.11. The number of carbonyl (C=O) groups excluding carboxylic acids is 1. The quantitative estimate of drug-likeness (QED) is 0.678. The van der Waals surface area contributed by atoms with Gasteiger partial charge in [-0.05, 0) is 30.3 Å². The Morgan fingerprint density at radius 1 is 1.00 bits per heavy atom. The average molecular weight is 377 g/mol. The van der Waals surface area contributed by atoms with Crippen molar-refractivity contribution in [2.75, 3.05) is 10.6 Å². The van der Waals surface area contributed by atoms with Crippen molar-refractivity contribution in [2.24, 2.45) is 0 Å². The normalized spacial score (nSPS) is 10.4. The lowest BCUT2D eigenvalue weighted by atomic mass is 10.3. The molecule has 0 unspecified atom stereocenters. The number of anilines is 3. The monoisotopic (exact) mass is 376 g/mol. The van der Waals surface area contributed by atoms with Gasteiger partial charge >= 0.3 is 0 Å². The number of nitrogens with zero attached hydrogens (tertiary/aromatic N) is 2. The zero-order valence-electron chi connectivity index (χ0n) is 12.6. The molecule has 0 radical (unpaired) electrons. The Bertz CT molecular complexity index is 936. The highest BCUT2D eigenvalue weighted by molar-refractivity contribution is 6.42. The van der Waals surface area contributed by atoms with Crippen LogP contribution in [0.15, 0.2) is 54.9 Å². The van der Waals surface area contributed by atoms with Crippen LogP contribution in [-0.4, -0.2) is 15.9 Å². The third kappa shape index (κ3) is 4.23. The molecule has 1 amide bonds. The van der Waals surface area contributed by atoms with Gasteiger partial charge in [0.25, 0.3) is 5.91 Å². The van der Waals surface area contributed by atoms with E-state index >= 15 is 0 Å². The molecule has 0 fully saturated rings. The largest absolute Gasteiger partial charge is 0.338 e. The minimum absolute atomic E-state index is 0.111. The summed E-state index contributed by atoms with van der Waals surface area (Å²) < 4.78 is 13.7. The van der Waals surface area contributed by atoms with Crippen molar-refractivity contribution >= 4 is 46.3 Å². The highest BCUT2D eigenvalue weighted by Gasteiger charge is 2.11. The molecule has 0 atom stereocenters. The van der Waals surface area contributed by atoms with E-state index < -0.39 is 11.7 Å². The molecule has 2 N–H and O–H groups in total. The van der Waals surface area contributed by atoms with E-state index in [-0.39, 0.29) is 11.4 Å². The van der Waals surface area contributed by atoms with Gasteiger partial charge in [0.2, 0.25) is 0 Å². The number of para-hydroxylation sites is 1. The number of hydrogen-bond donors (Lipinski definition) is 2. The molecular formula is C17H11Cl2FN4O. The fourth-order valence-electron chi connectivity index (χ4n) is 2.02. The van der Waals surface area contributed by atoms with Crippen LogP contribution in [0, 0.1) is 5.82 Å². The SMILES string of the molecule is O=C(Nc1ccc(Cl)c(Cl)c1)c1cc(Nc2ccccc2F)ncn1. The predicted octanol–water partition coefficient (Wildman–Crippen LogP) is 4.92. The lowest BCUT2D eigenvalue weighted by Crippen LogP contribution is -2.14. The standard InChI is InChI=1S/C17H11Cl2FN4O/c18-11-6-5-10(7-12(11)19)23-17(25)15-8-16(22-9-21-15)24-14-4-2-1-3-13(14)20/h1-9H,(H,23,25)(H,21,22,24). The Morgan fingerprint density at radius 2 is 1.80 bits per heavy atom. The summed E-state index contributed by atoms with van der Waals surface area (Å²) in [4.78, 5) is 20.2. The van der Waals surface area contributed by atoms with Crippen molar-refractivity contribution in [3.05, 3.63) is 76.4 Å². The second-order valence-corrected chi connectivity index (χ2v) is 5.79. The number of benzene rings is 2. The van der Waals surface area contributed by atoms with Crippen LogP contribution < -0.4 is 10.6 Å². The van der Waals surface area contributed by atoms with E-state index in [4.69, 9.17) is 23.2 Å². The number of nitrogens with one attached hydrogen (secondary N) is 2. The molecular weight excluding hydrogens is 366 g/mol. The molecule has 1 aromatic heterocycles. The van der Waals surface area contributed by atoms with Crippen molar-refractivity contribution in [1.29, 1.82) is 0 Å². The lowest BCUT2D eigenvalue weighted by molar-refractivity contribution is 0.102. The molecule has 3 rings (SSSR count). The highest BCUT2D eigenvalue weighted by atomic mass is 35.5.